The molecule has 8 heteroatoms. The van der Waals surface area contributed by atoms with Crippen molar-refractivity contribution in [3.63, 3.8) is 0 Å². The van der Waals surface area contributed by atoms with Crippen LogP contribution in [-0.2, 0) is 0 Å². The zero-order valence-corrected chi connectivity index (χ0v) is 17.5. The number of anilines is 2. The fraction of sp³-hybridized carbons (Fsp3) is 0.227. The highest BCUT2D eigenvalue weighted by atomic mass is 35.5. The Bertz CT molecular complexity index is 1070. The van der Waals surface area contributed by atoms with Crippen LogP contribution in [0.2, 0.25) is 5.02 Å². The smallest absolute Gasteiger partial charge is 0.255 e. The van der Waals surface area contributed by atoms with E-state index in [1.165, 1.54) is 24.4 Å². The number of halogens is 2. The molecule has 1 amide bonds. The SMILES string of the molecule is Cc1cnc(-c2cc(Cl)ccc2F)cc1Nc1ccncc1C(=O)NC(C)C(C)O. The van der Waals surface area contributed by atoms with Crippen molar-refractivity contribution in [2.45, 2.75) is 32.9 Å². The predicted molar refractivity (Wildman–Crippen MR) is 116 cm³/mol. The molecular formula is C22H22ClFN4O2. The Kier molecular flexibility index (Phi) is 6.64. The largest absolute Gasteiger partial charge is 0.391 e. The minimum Gasteiger partial charge on any atom is -0.391 e. The van der Waals surface area contributed by atoms with Gasteiger partial charge in [0.25, 0.3) is 5.91 Å². The van der Waals surface area contributed by atoms with E-state index in [9.17, 15) is 14.3 Å². The molecule has 0 aliphatic heterocycles. The number of aliphatic hydroxyl groups excluding tert-OH is 1. The Balaban J connectivity index is 1.94. The van der Waals surface area contributed by atoms with Gasteiger partial charge in [-0.3, -0.25) is 14.8 Å². The van der Waals surface area contributed by atoms with Gasteiger partial charge in [-0.1, -0.05) is 11.6 Å². The zero-order valence-electron chi connectivity index (χ0n) is 16.8. The first-order valence-electron chi connectivity index (χ1n) is 9.38. The summed E-state index contributed by atoms with van der Waals surface area (Å²) in [6.07, 6.45) is 3.93. The van der Waals surface area contributed by atoms with Gasteiger partial charge in [0, 0.05) is 34.9 Å². The van der Waals surface area contributed by atoms with Gasteiger partial charge in [0.15, 0.2) is 0 Å². The third-order valence-electron chi connectivity index (χ3n) is 4.72. The molecule has 0 aliphatic rings. The number of aliphatic hydroxyl groups is 1. The van der Waals surface area contributed by atoms with Gasteiger partial charge in [-0.05, 0) is 56.7 Å². The van der Waals surface area contributed by atoms with E-state index in [1.807, 2.05) is 6.92 Å². The number of aryl methyl sites for hydroxylation is 1. The number of carbonyl (C=O) groups is 1. The molecule has 1 aromatic carbocycles. The summed E-state index contributed by atoms with van der Waals surface area (Å²) >= 11 is 6.01. The van der Waals surface area contributed by atoms with E-state index in [4.69, 9.17) is 11.6 Å². The number of nitrogens with one attached hydrogen (secondary N) is 2. The van der Waals surface area contributed by atoms with Crippen molar-refractivity contribution in [1.29, 1.82) is 0 Å². The number of amides is 1. The first-order chi connectivity index (χ1) is 14.3. The predicted octanol–water partition coefficient (Wildman–Crippen LogP) is 4.49. The number of hydrogen-bond acceptors (Lipinski definition) is 5. The molecule has 3 aromatic rings. The summed E-state index contributed by atoms with van der Waals surface area (Å²) < 4.78 is 14.3. The second kappa shape index (κ2) is 9.19. The van der Waals surface area contributed by atoms with E-state index in [-0.39, 0.29) is 11.5 Å². The molecule has 2 unspecified atom stereocenters. The van der Waals surface area contributed by atoms with Gasteiger partial charge in [0.2, 0.25) is 0 Å². The summed E-state index contributed by atoms with van der Waals surface area (Å²) in [6, 6.07) is 7.23. The average Bonchev–Trinajstić information content (AvgIpc) is 2.71. The van der Waals surface area contributed by atoms with Gasteiger partial charge in [0.05, 0.1) is 29.1 Å². The Morgan fingerprint density at radius 1 is 1.17 bits per heavy atom. The normalized spacial score (nSPS) is 12.9. The second-order valence-electron chi connectivity index (χ2n) is 7.06. The third-order valence-corrected chi connectivity index (χ3v) is 4.96. The van der Waals surface area contributed by atoms with Gasteiger partial charge in [-0.25, -0.2) is 4.39 Å². The summed E-state index contributed by atoms with van der Waals surface area (Å²) in [5.41, 5.74) is 2.99. The molecule has 0 bridgehead atoms. The standard InChI is InChI=1S/C22H22ClFN4O2/c1-12-10-26-21(16-8-15(23)4-5-18(16)24)9-20(12)28-19-6-7-25-11-17(19)22(30)27-13(2)14(3)29/h4-11,13-14,29H,1-3H3,(H,27,30)(H,25,26,28). The van der Waals surface area contributed by atoms with E-state index in [0.717, 1.165) is 5.56 Å². The van der Waals surface area contributed by atoms with Crippen molar-refractivity contribution >= 4 is 28.9 Å². The second-order valence-corrected chi connectivity index (χ2v) is 7.49. The van der Waals surface area contributed by atoms with Gasteiger partial charge >= 0.3 is 0 Å². The Labute approximate surface area is 179 Å². The van der Waals surface area contributed by atoms with Crippen LogP contribution in [0.3, 0.4) is 0 Å². The van der Waals surface area contributed by atoms with Crippen molar-refractivity contribution in [2.75, 3.05) is 5.32 Å². The molecular weight excluding hydrogens is 407 g/mol. The molecule has 2 heterocycles. The van der Waals surface area contributed by atoms with Crippen molar-refractivity contribution < 1.29 is 14.3 Å². The molecule has 0 saturated carbocycles. The molecule has 30 heavy (non-hydrogen) atoms. The average molecular weight is 429 g/mol. The number of rotatable bonds is 6. The lowest BCUT2D eigenvalue weighted by Crippen LogP contribution is -2.39. The maximum absolute atomic E-state index is 14.3. The van der Waals surface area contributed by atoms with Crippen LogP contribution in [-0.4, -0.2) is 33.1 Å². The van der Waals surface area contributed by atoms with Crippen LogP contribution < -0.4 is 10.6 Å². The molecule has 2 aromatic heterocycles. The molecule has 6 nitrogen and oxygen atoms in total. The lowest BCUT2D eigenvalue weighted by atomic mass is 10.1. The molecule has 3 rings (SSSR count). The Hall–Kier alpha value is -3.03. The number of hydrogen-bond donors (Lipinski definition) is 3. The number of nitrogens with zero attached hydrogens (tertiary/aromatic N) is 2. The molecule has 0 spiro atoms. The van der Waals surface area contributed by atoms with E-state index in [0.29, 0.717) is 27.7 Å². The lowest BCUT2D eigenvalue weighted by Gasteiger charge is -2.18. The molecule has 0 fully saturated rings. The summed E-state index contributed by atoms with van der Waals surface area (Å²) in [7, 11) is 0. The summed E-state index contributed by atoms with van der Waals surface area (Å²) in [5.74, 6) is -0.801. The zero-order chi connectivity index (χ0) is 21.8. The summed E-state index contributed by atoms with van der Waals surface area (Å²) in [5, 5.41) is 16.0. The molecule has 156 valence electrons. The fourth-order valence-electron chi connectivity index (χ4n) is 2.73. The molecule has 0 radical (unpaired) electrons. The number of aromatic nitrogens is 2. The van der Waals surface area contributed by atoms with E-state index >= 15 is 0 Å². The van der Waals surface area contributed by atoms with Crippen LogP contribution in [0.25, 0.3) is 11.3 Å². The van der Waals surface area contributed by atoms with Crippen LogP contribution in [0.15, 0.2) is 48.9 Å². The Morgan fingerprint density at radius 2 is 1.93 bits per heavy atom. The fourth-order valence-corrected chi connectivity index (χ4v) is 2.91. The number of carbonyl (C=O) groups excluding carboxylic acids is 1. The number of benzene rings is 1. The molecule has 3 N–H and O–H groups in total. The van der Waals surface area contributed by atoms with E-state index in [1.54, 1.807) is 38.4 Å². The van der Waals surface area contributed by atoms with Crippen LogP contribution in [0.5, 0.6) is 0 Å². The quantitative estimate of drug-likeness (QED) is 0.538. The highest BCUT2D eigenvalue weighted by Crippen LogP contribution is 2.30. The van der Waals surface area contributed by atoms with Crippen LogP contribution in [0, 0.1) is 12.7 Å². The number of pyridine rings is 2. The molecule has 0 aliphatic carbocycles. The maximum atomic E-state index is 14.3. The minimum atomic E-state index is -0.695. The van der Waals surface area contributed by atoms with E-state index < -0.39 is 18.0 Å². The topological polar surface area (TPSA) is 87.1 Å². The first-order valence-corrected chi connectivity index (χ1v) is 9.76. The van der Waals surface area contributed by atoms with Crippen molar-refractivity contribution in [1.82, 2.24) is 15.3 Å². The summed E-state index contributed by atoms with van der Waals surface area (Å²) in [6.45, 7) is 5.17. The summed E-state index contributed by atoms with van der Waals surface area (Å²) in [4.78, 5) is 21.0. The minimum absolute atomic E-state index is 0.281. The lowest BCUT2D eigenvalue weighted by molar-refractivity contribution is 0.0874. The highest BCUT2D eigenvalue weighted by molar-refractivity contribution is 6.30. The first kappa shape index (κ1) is 21.7. The Morgan fingerprint density at radius 3 is 2.67 bits per heavy atom. The van der Waals surface area contributed by atoms with Gasteiger partial charge in [-0.2, -0.15) is 0 Å². The maximum Gasteiger partial charge on any atom is 0.255 e. The van der Waals surface area contributed by atoms with Crippen LogP contribution in [0.4, 0.5) is 15.8 Å². The third kappa shape index (κ3) is 4.93. The van der Waals surface area contributed by atoms with Crippen LogP contribution >= 0.6 is 11.6 Å². The van der Waals surface area contributed by atoms with Gasteiger partial charge < -0.3 is 15.7 Å². The van der Waals surface area contributed by atoms with Crippen molar-refractivity contribution in [3.8, 4) is 11.3 Å². The van der Waals surface area contributed by atoms with Gasteiger partial charge in [-0.15, -0.1) is 0 Å². The van der Waals surface area contributed by atoms with Crippen LogP contribution in [0.1, 0.15) is 29.8 Å². The molecule has 0 saturated heterocycles. The van der Waals surface area contributed by atoms with Gasteiger partial charge in [0.1, 0.15) is 5.82 Å². The van der Waals surface area contributed by atoms with Crippen molar-refractivity contribution in [2.24, 2.45) is 0 Å². The van der Waals surface area contributed by atoms with E-state index in [2.05, 4.69) is 20.6 Å². The molecule has 2 atom stereocenters. The monoisotopic (exact) mass is 428 g/mol. The highest BCUT2D eigenvalue weighted by Gasteiger charge is 2.18. The van der Waals surface area contributed by atoms with Crippen molar-refractivity contribution in [3.05, 3.63) is 70.9 Å².